The number of anilines is 4. The Labute approximate surface area is 641 Å². The largest absolute Gasteiger partial charge is 0.383 e. The molecule has 4 amide bonds. The molecule has 4 aromatic carbocycles. The molecule has 1 aliphatic carbocycles. The molecule has 0 spiro atoms. The summed E-state index contributed by atoms with van der Waals surface area (Å²) in [5.41, 5.74) is 38.5. The molecule has 1 fully saturated rings. The number of rotatable bonds is 10. The van der Waals surface area contributed by atoms with Gasteiger partial charge in [0.05, 0.1) is 82.0 Å². The lowest BCUT2D eigenvalue weighted by Crippen LogP contribution is -2.23. The third kappa shape index (κ3) is 12.9. The minimum Gasteiger partial charge on any atom is -0.383 e. The highest BCUT2D eigenvalue weighted by atomic mass is 35.5. The number of nitrogens with one attached hydrogen (secondary N) is 7. The van der Waals surface area contributed by atoms with Crippen molar-refractivity contribution in [3.05, 3.63) is 141 Å². The zero-order chi connectivity index (χ0) is 78.4. The van der Waals surface area contributed by atoms with Gasteiger partial charge in [-0.05, 0) is 122 Å². The zero-order valence-corrected chi connectivity index (χ0v) is 64.4. The Bertz CT molecular complexity index is 6430. The fourth-order valence-corrected chi connectivity index (χ4v) is 14.4. The fourth-order valence-electron chi connectivity index (χ4n) is 13.4. The maximum absolute atomic E-state index is 12.1. The van der Waals surface area contributed by atoms with Crippen LogP contribution in [0.5, 0.6) is 0 Å². The van der Waals surface area contributed by atoms with Crippen LogP contribution >= 0.6 is 34.8 Å². The SMILES string of the molecule is CCn1nc(-c2[nH]c3cc(C(=O)NC)ccc3c2Cl)c2c(N)ncnc21.CNC(=O)c1ccc2c(C)c(-c3nn(C(C)(C)C)c4ncnc(N)c34)[nH]c2c1.CNC(=O)c1ccc2c(Cl)c(-c3nn(C(C)(C)C)c4ncnc(N)c34)n(C)c2c1.CNC(=O)c1ccc2c(Cl)c(-c3nn(C4CC4)c4ncnc(N)c34)[nH]c2c1. The molecule has 0 aliphatic heterocycles. The first-order chi connectivity index (χ1) is 52.5. The molecule has 12 heterocycles. The molecule has 17 rings (SSSR count). The number of aryl methyl sites for hydroxylation is 3. The van der Waals surface area contributed by atoms with Gasteiger partial charge < -0.3 is 63.7 Å². The van der Waals surface area contributed by atoms with Gasteiger partial charge in [-0.25, -0.2) is 58.6 Å². The van der Waals surface area contributed by atoms with Gasteiger partial charge in [-0.3, -0.25) is 19.2 Å². The van der Waals surface area contributed by atoms with Crippen LogP contribution in [0.4, 0.5) is 23.3 Å². The molecule has 15 N–H and O–H groups in total. The molecule has 0 atom stereocenters. The van der Waals surface area contributed by atoms with Gasteiger partial charge in [-0.15, -0.1) is 0 Å². The Hall–Kier alpha value is -12.8. The Kier molecular flexibility index (Phi) is 19.1. The van der Waals surface area contributed by atoms with E-state index in [-0.39, 0.29) is 34.7 Å². The topological polar surface area (TPSA) is 447 Å². The van der Waals surface area contributed by atoms with Crippen molar-refractivity contribution in [1.82, 2.24) is 120 Å². The molecule has 16 aromatic rings. The fraction of sp³-hybridized carbons (Fsp3) is 0.253. The lowest BCUT2D eigenvalue weighted by Gasteiger charge is -2.19. The second-order valence-electron chi connectivity index (χ2n) is 28.2. The number of carbonyl (C=O) groups is 4. The lowest BCUT2D eigenvalue weighted by molar-refractivity contribution is 0.0955. The van der Waals surface area contributed by atoms with Crippen molar-refractivity contribution in [2.45, 2.75) is 91.9 Å². The van der Waals surface area contributed by atoms with E-state index < -0.39 is 0 Å². The van der Waals surface area contributed by atoms with Crippen molar-refractivity contribution in [3.8, 4) is 45.6 Å². The summed E-state index contributed by atoms with van der Waals surface area (Å²) in [4.78, 5) is 91.8. The van der Waals surface area contributed by atoms with E-state index in [2.05, 4.69) is 102 Å². The number of benzene rings is 4. The minimum absolute atomic E-state index is 0.129. The number of aromatic nitrogens is 20. The number of nitrogens with two attached hydrogens (primary N) is 4. The molecule has 12 aromatic heterocycles. The van der Waals surface area contributed by atoms with E-state index in [0.717, 1.165) is 73.1 Å². The molecule has 0 saturated heterocycles. The van der Waals surface area contributed by atoms with Crippen LogP contribution in [0.2, 0.25) is 15.1 Å². The first-order valence-corrected chi connectivity index (χ1v) is 36.0. The van der Waals surface area contributed by atoms with Crippen molar-refractivity contribution < 1.29 is 19.2 Å². The van der Waals surface area contributed by atoms with Crippen molar-refractivity contribution in [1.29, 1.82) is 0 Å². The quantitative estimate of drug-likeness (QED) is 0.0606. The number of nitrogens with zero attached hydrogens (tertiary/aromatic N) is 17. The summed E-state index contributed by atoms with van der Waals surface area (Å²) in [5, 5.41) is 37.3. The average molecular weight is 1540 g/mol. The predicted octanol–water partition coefficient (Wildman–Crippen LogP) is 11.8. The Morgan fingerprint density at radius 1 is 0.464 bits per heavy atom. The van der Waals surface area contributed by atoms with E-state index >= 15 is 0 Å². The number of halogens is 3. The van der Waals surface area contributed by atoms with Crippen molar-refractivity contribution >= 4 is 169 Å². The Morgan fingerprint density at radius 3 is 1.27 bits per heavy atom. The van der Waals surface area contributed by atoms with E-state index in [9.17, 15) is 19.2 Å². The highest BCUT2D eigenvalue weighted by molar-refractivity contribution is 6.40. The second-order valence-corrected chi connectivity index (χ2v) is 29.3. The number of aromatic amines is 3. The smallest absolute Gasteiger partial charge is 0.251 e. The maximum atomic E-state index is 12.1. The standard InChI is InChI=1S/C20H22ClN7O.C20H23N7O.C18H16ClN7O.C17H16ClN7O/c1-20(2,3)28-18-13(17(22)24-9-25-18)15(26-28)16-14(21)11-7-6-10(19(29)23-4)8-12(11)27(16)5;1-10-12-7-6-11(19(28)22-5)8-13(12)25-15(10)16-14-17(21)23-9-24-18(14)27(26-16)20(2,3)4;1-21-18(27)8-2-5-10-11(6-8)24-15(13(10)19)14-12-16(20)22-7-23-17(12)26(25-14)9-3-4-9;1-3-25-16-11(15(19)21-7-22-16)13(24-25)14-12(18)9-5-4-8(17(26)20-2)6-10(9)23-14/h6-9H,1-5H3,(H,23,29)(H2,22,24,25);6-9,25H,1-5H3,(H,22,28)(H2,21,23,24);2,5-7,9,24H,3-4H2,1H3,(H,21,27)(H2,20,22,23);4-7,23H,3H2,1-2H3,(H,20,26)(H2,19,21,22). The van der Waals surface area contributed by atoms with Crippen LogP contribution in [0, 0.1) is 6.92 Å². The molecule has 35 heteroatoms. The van der Waals surface area contributed by atoms with Gasteiger partial charge >= 0.3 is 0 Å². The van der Waals surface area contributed by atoms with E-state index in [1.807, 2.05) is 96.7 Å². The highest BCUT2D eigenvalue weighted by Crippen LogP contribution is 2.46. The predicted molar refractivity (Wildman–Crippen MR) is 430 cm³/mol. The number of carbonyl (C=O) groups excluding carboxylic acids is 4. The van der Waals surface area contributed by atoms with Crippen molar-refractivity contribution in [2.75, 3.05) is 51.1 Å². The van der Waals surface area contributed by atoms with Gasteiger partial charge in [-0.1, -0.05) is 59.1 Å². The van der Waals surface area contributed by atoms with Crippen LogP contribution in [0.25, 0.3) is 133 Å². The molecule has 1 aliphatic rings. The maximum Gasteiger partial charge on any atom is 0.251 e. The van der Waals surface area contributed by atoms with Crippen LogP contribution in [0.1, 0.15) is 114 Å². The van der Waals surface area contributed by atoms with E-state index in [1.165, 1.54) is 25.3 Å². The number of hydrogen-bond donors (Lipinski definition) is 11. The Morgan fingerprint density at radius 2 is 0.827 bits per heavy atom. The van der Waals surface area contributed by atoms with Crippen LogP contribution in [-0.2, 0) is 24.7 Å². The highest BCUT2D eigenvalue weighted by Gasteiger charge is 2.33. The van der Waals surface area contributed by atoms with Crippen molar-refractivity contribution in [3.63, 3.8) is 0 Å². The molecular formula is C75H77Cl3N28O4. The number of hydrogen-bond acceptors (Lipinski definition) is 20. The summed E-state index contributed by atoms with van der Waals surface area (Å²) < 4.78 is 9.28. The molecular weight excluding hydrogens is 1460 g/mol. The van der Waals surface area contributed by atoms with Crippen molar-refractivity contribution in [2.24, 2.45) is 7.05 Å². The van der Waals surface area contributed by atoms with Gasteiger partial charge in [0, 0.05) is 102 Å². The average Bonchev–Trinajstić information content (AvgIpc) is 1.46. The zero-order valence-electron chi connectivity index (χ0n) is 62.1. The first-order valence-electron chi connectivity index (χ1n) is 34.9. The van der Waals surface area contributed by atoms with E-state index in [4.69, 9.17) is 73.0 Å². The number of H-pyrrole nitrogens is 3. The van der Waals surface area contributed by atoms with Crippen LogP contribution in [-0.4, -0.2) is 150 Å². The summed E-state index contributed by atoms with van der Waals surface area (Å²) in [5.74, 6) is 0.810. The monoisotopic (exact) mass is 1540 g/mol. The first kappa shape index (κ1) is 74.1. The van der Waals surface area contributed by atoms with E-state index in [0.29, 0.717) is 152 Å². The minimum atomic E-state index is -0.319. The summed E-state index contributed by atoms with van der Waals surface area (Å²) in [6.07, 6.45) is 7.89. The molecule has 562 valence electrons. The van der Waals surface area contributed by atoms with Crippen LogP contribution in [0.3, 0.4) is 0 Å². The van der Waals surface area contributed by atoms with Gasteiger partial charge in [0.15, 0.2) is 22.6 Å². The lowest BCUT2D eigenvalue weighted by atomic mass is 10.1. The normalized spacial score (nSPS) is 12.4. The molecule has 1 saturated carbocycles. The third-order valence-electron chi connectivity index (χ3n) is 19.1. The summed E-state index contributed by atoms with van der Waals surface area (Å²) in [7, 11) is 8.29. The molecule has 0 bridgehead atoms. The summed E-state index contributed by atoms with van der Waals surface area (Å²) in [6.45, 7) is 16.9. The van der Waals surface area contributed by atoms with Gasteiger partial charge in [0.25, 0.3) is 23.6 Å². The van der Waals surface area contributed by atoms with Crippen LogP contribution < -0.4 is 44.2 Å². The second kappa shape index (κ2) is 28.4. The molecule has 32 nitrogen and oxygen atoms in total. The van der Waals surface area contributed by atoms with Gasteiger partial charge in [-0.2, -0.15) is 20.4 Å². The number of amides is 4. The molecule has 0 unspecified atom stereocenters. The van der Waals surface area contributed by atoms with Gasteiger partial charge in [0.2, 0.25) is 0 Å². The summed E-state index contributed by atoms with van der Waals surface area (Å²) >= 11 is 20.0. The summed E-state index contributed by atoms with van der Waals surface area (Å²) in [6, 6.07) is 21.9. The molecule has 0 radical (unpaired) electrons. The Balaban J connectivity index is 0.000000122. The third-order valence-corrected chi connectivity index (χ3v) is 20.3. The number of nitrogen functional groups attached to an aromatic ring is 4. The number of fused-ring (bicyclic) bond motifs is 8. The van der Waals surface area contributed by atoms with Crippen LogP contribution in [0.15, 0.2) is 98.1 Å². The molecule has 110 heavy (non-hydrogen) atoms. The van der Waals surface area contributed by atoms with E-state index in [1.54, 1.807) is 69.3 Å². The van der Waals surface area contributed by atoms with Gasteiger partial charge in [0.1, 0.15) is 71.4 Å².